The highest BCUT2D eigenvalue weighted by atomic mass is 32.2. The van der Waals surface area contributed by atoms with Gasteiger partial charge in [-0.15, -0.1) is 0 Å². The molecule has 4 rings (SSSR count). The molecule has 1 fully saturated rings. The maximum absolute atomic E-state index is 13.2. The fourth-order valence-electron chi connectivity index (χ4n) is 4.11. The maximum atomic E-state index is 13.2. The van der Waals surface area contributed by atoms with Crippen molar-refractivity contribution in [2.24, 2.45) is 13.0 Å². The van der Waals surface area contributed by atoms with E-state index < -0.39 is 10.0 Å². The Morgan fingerprint density at radius 3 is 2.33 bits per heavy atom. The van der Waals surface area contributed by atoms with Gasteiger partial charge in [0.2, 0.25) is 15.9 Å². The van der Waals surface area contributed by atoms with E-state index in [4.69, 9.17) is 4.74 Å². The van der Waals surface area contributed by atoms with E-state index in [2.05, 4.69) is 10.3 Å². The third-order valence-electron chi connectivity index (χ3n) is 6.06. The highest BCUT2D eigenvalue weighted by Crippen LogP contribution is 2.27. The quantitative estimate of drug-likeness (QED) is 0.576. The van der Waals surface area contributed by atoms with Crippen molar-refractivity contribution in [3.05, 3.63) is 78.4 Å². The van der Waals surface area contributed by atoms with E-state index in [1.54, 1.807) is 30.5 Å². The molecule has 0 aliphatic carbocycles. The number of nitrogens with one attached hydrogen (secondary N) is 1. The number of hydrogen-bond acceptors (Lipinski definition) is 5. The number of hydrogen-bond donors (Lipinski definition) is 1. The molecule has 1 aliphatic heterocycles. The van der Waals surface area contributed by atoms with Crippen LogP contribution in [-0.4, -0.2) is 48.4 Å². The molecule has 1 N–H and O–H groups in total. The van der Waals surface area contributed by atoms with Crippen molar-refractivity contribution >= 4 is 15.9 Å². The van der Waals surface area contributed by atoms with Crippen molar-refractivity contribution in [2.75, 3.05) is 20.2 Å². The van der Waals surface area contributed by atoms with E-state index in [0.29, 0.717) is 31.7 Å². The Labute approximate surface area is 194 Å². The number of ether oxygens (including phenoxy) is 1. The molecule has 1 amide bonds. The number of nitrogens with zero attached hydrogens (tertiary/aromatic N) is 3. The van der Waals surface area contributed by atoms with Crippen LogP contribution in [0, 0.1) is 5.92 Å². The van der Waals surface area contributed by atoms with Crippen molar-refractivity contribution in [3.63, 3.8) is 0 Å². The third kappa shape index (κ3) is 4.94. The number of imidazole rings is 1. The van der Waals surface area contributed by atoms with E-state index in [-0.39, 0.29) is 22.8 Å². The van der Waals surface area contributed by atoms with Gasteiger partial charge in [0, 0.05) is 38.4 Å². The van der Waals surface area contributed by atoms with Crippen molar-refractivity contribution in [3.8, 4) is 5.75 Å². The minimum atomic E-state index is -3.61. The summed E-state index contributed by atoms with van der Waals surface area (Å²) in [4.78, 5) is 17.8. The second-order valence-corrected chi connectivity index (χ2v) is 10.0. The molecule has 2 heterocycles. The Morgan fingerprint density at radius 1 is 1.09 bits per heavy atom. The molecule has 1 saturated heterocycles. The van der Waals surface area contributed by atoms with Gasteiger partial charge in [0.05, 0.1) is 12.0 Å². The largest absolute Gasteiger partial charge is 0.497 e. The molecular formula is C24H28N4O4S. The average Bonchev–Trinajstić information content (AvgIpc) is 3.28. The predicted octanol–water partition coefficient (Wildman–Crippen LogP) is 2.74. The van der Waals surface area contributed by atoms with Crippen LogP contribution in [-0.2, 0) is 21.9 Å². The Balaban J connectivity index is 1.43. The highest BCUT2D eigenvalue weighted by Gasteiger charge is 2.33. The smallest absolute Gasteiger partial charge is 0.243 e. The minimum Gasteiger partial charge on any atom is -0.497 e. The number of methoxy groups -OCH3 is 1. The Kier molecular flexibility index (Phi) is 6.80. The molecule has 174 valence electrons. The van der Waals surface area contributed by atoms with Crippen LogP contribution in [0.5, 0.6) is 5.75 Å². The number of aryl methyl sites for hydroxylation is 1. The number of benzene rings is 2. The monoisotopic (exact) mass is 468 g/mol. The zero-order valence-corrected chi connectivity index (χ0v) is 19.5. The molecule has 0 saturated carbocycles. The molecule has 1 aromatic heterocycles. The second kappa shape index (κ2) is 9.76. The number of piperidine rings is 1. The van der Waals surface area contributed by atoms with Gasteiger partial charge >= 0.3 is 0 Å². The maximum Gasteiger partial charge on any atom is 0.243 e. The van der Waals surface area contributed by atoms with Crippen LogP contribution in [0.15, 0.2) is 71.9 Å². The summed E-state index contributed by atoms with van der Waals surface area (Å²) in [6.45, 7) is 0.593. The predicted molar refractivity (Wildman–Crippen MR) is 124 cm³/mol. The topological polar surface area (TPSA) is 93.5 Å². The van der Waals surface area contributed by atoms with Crippen LogP contribution in [0.4, 0.5) is 0 Å². The van der Waals surface area contributed by atoms with E-state index in [1.807, 2.05) is 48.1 Å². The molecule has 1 atom stereocenters. The number of amides is 1. The van der Waals surface area contributed by atoms with E-state index in [0.717, 1.165) is 11.4 Å². The first-order valence-corrected chi connectivity index (χ1v) is 12.3. The zero-order valence-electron chi connectivity index (χ0n) is 18.7. The standard InChI is InChI=1S/C24H28N4O4S/c1-27-17-14-25-23(27)22(18-6-4-3-5-7-18)26-24(29)19-12-15-28(16-13-19)33(30,31)21-10-8-20(32-2)9-11-21/h3-11,14,17,19,22H,12-13,15-16H2,1-2H3,(H,26,29)/t22-/m0/s1. The summed E-state index contributed by atoms with van der Waals surface area (Å²) >= 11 is 0. The van der Waals surface area contributed by atoms with Crippen molar-refractivity contribution in [1.29, 1.82) is 0 Å². The first-order valence-electron chi connectivity index (χ1n) is 10.9. The summed E-state index contributed by atoms with van der Waals surface area (Å²) in [5, 5.41) is 3.14. The van der Waals surface area contributed by atoms with Crippen LogP contribution in [0.2, 0.25) is 0 Å². The average molecular weight is 469 g/mol. The molecule has 3 aromatic rings. The van der Waals surface area contributed by atoms with Gasteiger partial charge in [0.25, 0.3) is 0 Å². The lowest BCUT2D eigenvalue weighted by molar-refractivity contribution is -0.126. The lowest BCUT2D eigenvalue weighted by atomic mass is 9.96. The molecule has 2 aromatic carbocycles. The zero-order chi connectivity index (χ0) is 23.4. The van der Waals surface area contributed by atoms with Gasteiger partial charge in [-0.25, -0.2) is 13.4 Å². The summed E-state index contributed by atoms with van der Waals surface area (Å²) in [5.74, 6) is 0.992. The molecule has 0 spiro atoms. The Hall–Kier alpha value is -3.17. The summed E-state index contributed by atoms with van der Waals surface area (Å²) in [7, 11) is -0.178. The Morgan fingerprint density at radius 2 is 1.76 bits per heavy atom. The second-order valence-electron chi connectivity index (χ2n) is 8.10. The fourth-order valence-corrected chi connectivity index (χ4v) is 5.58. The summed E-state index contributed by atoms with van der Waals surface area (Å²) in [5.41, 5.74) is 0.944. The normalized spacial score (nSPS) is 16.3. The molecule has 33 heavy (non-hydrogen) atoms. The van der Waals surface area contributed by atoms with Crippen molar-refractivity contribution < 1.29 is 17.9 Å². The van der Waals surface area contributed by atoms with Crippen LogP contribution in [0.25, 0.3) is 0 Å². The van der Waals surface area contributed by atoms with Gasteiger partial charge in [-0.2, -0.15) is 4.31 Å². The number of sulfonamides is 1. The lowest BCUT2D eigenvalue weighted by Gasteiger charge is -2.31. The molecular weight excluding hydrogens is 440 g/mol. The molecule has 0 bridgehead atoms. The first-order chi connectivity index (χ1) is 15.9. The van der Waals surface area contributed by atoms with Crippen LogP contribution in [0.3, 0.4) is 0 Å². The molecule has 1 aliphatic rings. The van der Waals surface area contributed by atoms with Gasteiger partial charge in [-0.1, -0.05) is 30.3 Å². The number of aromatic nitrogens is 2. The molecule has 0 radical (unpaired) electrons. The van der Waals surface area contributed by atoms with Crippen LogP contribution < -0.4 is 10.1 Å². The number of rotatable bonds is 7. The third-order valence-corrected chi connectivity index (χ3v) is 7.97. The molecule has 9 heteroatoms. The van der Waals surface area contributed by atoms with Gasteiger partial charge in [-0.3, -0.25) is 4.79 Å². The fraction of sp³-hybridized carbons (Fsp3) is 0.333. The lowest BCUT2D eigenvalue weighted by Crippen LogP contribution is -2.44. The van der Waals surface area contributed by atoms with Crippen molar-refractivity contribution in [2.45, 2.75) is 23.8 Å². The summed E-state index contributed by atoms with van der Waals surface area (Å²) in [6, 6.07) is 15.7. The van der Waals surface area contributed by atoms with Crippen LogP contribution in [0.1, 0.15) is 30.3 Å². The number of carbonyl (C=O) groups excluding carboxylic acids is 1. The summed E-state index contributed by atoms with van der Waals surface area (Å²) in [6.07, 6.45) is 4.48. The summed E-state index contributed by atoms with van der Waals surface area (Å²) < 4.78 is 34.4. The van der Waals surface area contributed by atoms with E-state index >= 15 is 0 Å². The van der Waals surface area contributed by atoms with Gasteiger partial charge < -0.3 is 14.6 Å². The molecule has 8 nitrogen and oxygen atoms in total. The first kappa shape index (κ1) is 23.0. The van der Waals surface area contributed by atoms with Gasteiger partial charge in [0.15, 0.2) is 0 Å². The van der Waals surface area contributed by atoms with Gasteiger partial charge in [0.1, 0.15) is 17.6 Å². The number of carbonyl (C=O) groups is 1. The van der Waals surface area contributed by atoms with Crippen LogP contribution >= 0.6 is 0 Å². The van der Waals surface area contributed by atoms with Gasteiger partial charge in [-0.05, 0) is 42.7 Å². The van der Waals surface area contributed by atoms with Crippen molar-refractivity contribution in [1.82, 2.24) is 19.2 Å². The van der Waals surface area contributed by atoms with E-state index in [1.165, 1.54) is 11.4 Å². The SMILES string of the molecule is COc1ccc(S(=O)(=O)N2CCC(C(=O)N[C@@H](c3ccccc3)c3nccn3C)CC2)cc1. The minimum absolute atomic E-state index is 0.0895. The van der Waals surface area contributed by atoms with E-state index in [9.17, 15) is 13.2 Å². The molecule has 0 unspecified atom stereocenters. The highest BCUT2D eigenvalue weighted by molar-refractivity contribution is 7.89. The Bertz CT molecular complexity index is 1180.